The average Bonchev–Trinajstić information content (AvgIpc) is 2.98. The number of nitrogens with zero attached hydrogens (tertiary/aromatic N) is 2. The van der Waals surface area contributed by atoms with Crippen LogP contribution in [0.5, 0.6) is 0 Å². The molecule has 154 valence electrons. The second-order valence-electron chi connectivity index (χ2n) is 7.04. The van der Waals surface area contributed by atoms with Crippen molar-refractivity contribution in [1.29, 1.82) is 0 Å². The summed E-state index contributed by atoms with van der Waals surface area (Å²) in [5, 5.41) is 0. The largest absolute Gasteiger partial charge is 0.316 e. The molecule has 8 heteroatoms. The van der Waals surface area contributed by atoms with Gasteiger partial charge in [-0.2, -0.15) is 16.8 Å². The Morgan fingerprint density at radius 2 is 1.93 bits per heavy atom. The molecule has 0 aliphatic heterocycles. The molecule has 3 aromatic rings. The topological polar surface area (TPSA) is 68.5 Å². The molecule has 1 heterocycles. The molecule has 0 saturated carbocycles. The van der Waals surface area contributed by atoms with Crippen LogP contribution in [0, 0.1) is 13.8 Å². The Morgan fingerprint density at radius 1 is 1.17 bits per heavy atom. The maximum absolute atomic E-state index is 12.7. The van der Waals surface area contributed by atoms with Crippen molar-refractivity contribution in [1.82, 2.24) is 4.57 Å². The SMILES string of the molecule is CSCCn1c(=NC(=O)Cc2cc(C)ccc2C)sc2cc(S(C)(=O)=O)ccc21. The van der Waals surface area contributed by atoms with Crippen LogP contribution in [0.4, 0.5) is 0 Å². The minimum atomic E-state index is -3.29. The standard InChI is InChI=1S/C21H24N2O3S3/c1-14-5-6-15(2)16(11-14)12-20(24)22-21-23(9-10-27-3)18-8-7-17(29(4,25)26)13-19(18)28-21/h5-8,11,13H,9-10,12H2,1-4H3. The molecule has 1 aromatic heterocycles. The first-order valence-corrected chi connectivity index (χ1v) is 13.3. The summed E-state index contributed by atoms with van der Waals surface area (Å²) in [7, 11) is -3.29. The van der Waals surface area contributed by atoms with E-state index in [1.165, 1.54) is 17.6 Å². The van der Waals surface area contributed by atoms with E-state index < -0.39 is 9.84 Å². The average molecular weight is 449 g/mol. The summed E-state index contributed by atoms with van der Waals surface area (Å²) < 4.78 is 26.6. The van der Waals surface area contributed by atoms with Crippen LogP contribution in [0.25, 0.3) is 10.2 Å². The Morgan fingerprint density at radius 3 is 2.62 bits per heavy atom. The van der Waals surface area contributed by atoms with Crippen LogP contribution in [0.2, 0.25) is 0 Å². The maximum Gasteiger partial charge on any atom is 0.252 e. The Hall–Kier alpha value is -1.90. The summed E-state index contributed by atoms with van der Waals surface area (Å²) in [6.07, 6.45) is 3.47. The zero-order chi connectivity index (χ0) is 21.2. The second-order valence-corrected chi connectivity index (χ2v) is 11.1. The molecular weight excluding hydrogens is 424 g/mol. The molecule has 5 nitrogen and oxygen atoms in total. The van der Waals surface area contributed by atoms with Gasteiger partial charge in [0.15, 0.2) is 14.6 Å². The first-order valence-electron chi connectivity index (χ1n) is 9.15. The predicted octanol–water partition coefficient (Wildman–Crippen LogP) is 3.76. The number of fused-ring (bicyclic) bond motifs is 1. The highest BCUT2D eigenvalue weighted by Gasteiger charge is 2.13. The molecule has 29 heavy (non-hydrogen) atoms. The number of carbonyl (C=O) groups is 1. The van der Waals surface area contributed by atoms with Gasteiger partial charge in [-0.15, -0.1) is 0 Å². The molecule has 0 N–H and O–H groups in total. The second kappa shape index (κ2) is 8.85. The number of sulfone groups is 1. The van der Waals surface area contributed by atoms with Gasteiger partial charge in [0.2, 0.25) is 0 Å². The number of amides is 1. The van der Waals surface area contributed by atoms with Crippen molar-refractivity contribution in [2.45, 2.75) is 31.7 Å². The lowest BCUT2D eigenvalue weighted by molar-refractivity contribution is -0.117. The van der Waals surface area contributed by atoms with E-state index >= 15 is 0 Å². The highest BCUT2D eigenvalue weighted by Crippen LogP contribution is 2.22. The van der Waals surface area contributed by atoms with Crippen LogP contribution >= 0.6 is 23.1 Å². The number of benzene rings is 2. The van der Waals surface area contributed by atoms with Gasteiger partial charge in [-0.25, -0.2) is 8.42 Å². The quantitative estimate of drug-likeness (QED) is 0.576. The lowest BCUT2D eigenvalue weighted by Gasteiger charge is -2.06. The minimum Gasteiger partial charge on any atom is -0.316 e. The number of carbonyl (C=O) groups excluding carboxylic acids is 1. The van der Waals surface area contributed by atoms with Crippen LogP contribution in [0.1, 0.15) is 16.7 Å². The summed E-state index contributed by atoms with van der Waals surface area (Å²) in [6, 6.07) is 11.1. The lowest BCUT2D eigenvalue weighted by atomic mass is 10.0. The van der Waals surface area contributed by atoms with Crippen molar-refractivity contribution >= 4 is 49.1 Å². The van der Waals surface area contributed by atoms with E-state index in [0.717, 1.165) is 32.7 Å². The number of hydrogen-bond acceptors (Lipinski definition) is 5. The van der Waals surface area contributed by atoms with Crippen LogP contribution in [0.3, 0.4) is 0 Å². The third kappa shape index (κ3) is 5.18. The van der Waals surface area contributed by atoms with Gasteiger partial charge in [-0.05, 0) is 49.4 Å². The lowest BCUT2D eigenvalue weighted by Crippen LogP contribution is -2.18. The van der Waals surface area contributed by atoms with Gasteiger partial charge in [-0.3, -0.25) is 4.79 Å². The number of aryl methyl sites for hydroxylation is 3. The summed E-state index contributed by atoms with van der Waals surface area (Å²) in [5.74, 6) is 0.671. The van der Waals surface area contributed by atoms with Crippen LogP contribution in [0.15, 0.2) is 46.3 Å². The van der Waals surface area contributed by atoms with Gasteiger partial charge in [0.25, 0.3) is 5.91 Å². The van der Waals surface area contributed by atoms with Gasteiger partial charge in [-0.1, -0.05) is 35.1 Å². The van der Waals surface area contributed by atoms with E-state index in [-0.39, 0.29) is 17.2 Å². The van der Waals surface area contributed by atoms with Gasteiger partial charge in [0.05, 0.1) is 21.5 Å². The molecule has 0 saturated heterocycles. The van der Waals surface area contributed by atoms with Crippen LogP contribution in [-0.2, 0) is 27.6 Å². The van der Waals surface area contributed by atoms with E-state index in [0.29, 0.717) is 11.3 Å². The van der Waals surface area contributed by atoms with Crippen molar-refractivity contribution < 1.29 is 13.2 Å². The third-order valence-corrected chi connectivity index (χ3v) is 7.41. The highest BCUT2D eigenvalue weighted by molar-refractivity contribution is 7.98. The van der Waals surface area contributed by atoms with Crippen LogP contribution in [-0.4, -0.2) is 37.2 Å². The summed E-state index contributed by atoms with van der Waals surface area (Å²) in [5.41, 5.74) is 4.07. The molecule has 0 fully saturated rings. The number of rotatable bonds is 6. The third-order valence-electron chi connectivity index (χ3n) is 4.67. The van der Waals surface area contributed by atoms with Crippen molar-refractivity contribution in [3.63, 3.8) is 0 Å². The van der Waals surface area contributed by atoms with Crippen LogP contribution < -0.4 is 4.80 Å². The highest BCUT2D eigenvalue weighted by atomic mass is 32.2. The van der Waals surface area contributed by atoms with Gasteiger partial charge in [0, 0.05) is 18.6 Å². The summed E-state index contributed by atoms with van der Waals surface area (Å²) in [6.45, 7) is 4.70. The van der Waals surface area contributed by atoms with Crippen molar-refractivity contribution in [2.24, 2.45) is 4.99 Å². The molecule has 3 rings (SSSR count). The van der Waals surface area contributed by atoms with Crippen molar-refractivity contribution in [3.05, 3.63) is 57.9 Å². The van der Waals surface area contributed by atoms with Gasteiger partial charge >= 0.3 is 0 Å². The molecule has 0 radical (unpaired) electrons. The summed E-state index contributed by atoms with van der Waals surface area (Å²) in [4.78, 5) is 18.0. The molecule has 0 aliphatic carbocycles. The molecule has 0 bridgehead atoms. The summed E-state index contributed by atoms with van der Waals surface area (Å²) >= 11 is 3.06. The Kier molecular flexibility index (Phi) is 6.65. The van der Waals surface area contributed by atoms with E-state index in [2.05, 4.69) is 4.99 Å². The Labute approximate surface area is 179 Å². The molecule has 0 aliphatic rings. The zero-order valence-corrected chi connectivity index (χ0v) is 19.4. The number of hydrogen-bond donors (Lipinski definition) is 0. The van der Waals surface area contributed by atoms with Gasteiger partial charge < -0.3 is 4.57 Å². The fraction of sp³-hybridized carbons (Fsp3) is 0.333. The molecule has 2 aromatic carbocycles. The Bertz CT molecular complexity index is 1240. The fourth-order valence-electron chi connectivity index (χ4n) is 3.07. The molecule has 0 atom stereocenters. The monoisotopic (exact) mass is 448 g/mol. The molecular formula is C21H24N2O3S3. The van der Waals surface area contributed by atoms with E-state index in [1.807, 2.05) is 42.9 Å². The van der Waals surface area contributed by atoms with Crippen molar-refractivity contribution in [2.75, 3.05) is 18.3 Å². The fourth-order valence-corrected chi connectivity index (χ4v) is 5.27. The number of thiazole rings is 1. The maximum atomic E-state index is 12.7. The van der Waals surface area contributed by atoms with E-state index in [9.17, 15) is 13.2 Å². The Balaban J connectivity index is 2.05. The molecule has 1 amide bonds. The normalized spacial score (nSPS) is 12.6. The zero-order valence-electron chi connectivity index (χ0n) is 16.9. The molecule has 0 unspecified atom stereocenters. The predicted molar refractivity (Wildman–Crippen MR) is 121 cm³/mol. The van der Waals surface area contributed by atoms with E-state index in [4.69, 9.17) is 0 Å². The first-order chi connectivity index (χ1) is 13.7. The minimum absolute atomic E-state index is 0.202. The first kappa shape index (κ1) is 21.8. The van der Waals surface area contributed by atoms with E-state index in [1.54, 1.807) is 30.0 Å². The smallest absolute Gasteiger partial charge is 0.252 e. The number of aromatic nitrogens is 1. The number of thioether (sulfide) groups is 1. The van der Waals surface area contributed by atoms with Crippen molar-refractivity contribution in [3.8, 4) is 0 Å². The molecule has 0 spiro atoms. The van der Waals surface area contributed by atoms with Gasteiger partial charge in [0.1, 0.15) is 0 Å².